The second-order valence-corrected chi connectivity index (χ2v) is 6.06. The number of ether oxygens (including phenoxy) is 2. The van der Waals surface area contributed by atoms with Crippen LogP contribution in [0.25, 0.3) is 6.08 Å². The molecule has 8 heteroatoms. The lowest BCUT2D eigenvalue weighted by Gasteiger charge is -2.15. The first-order valence-electron chi connectivity index (χ1n) is 7.90. The van der Waals surface area contributed by atoms with E-state index in [1.54, 1.807) is 30.3 Å². The Kier molecular flexibility index (Phi) is 5.42. The number of hydrogen-bond acceptors (Lipinski definition) is 5. The van der Waals surface area contributed by atoms with Crippen molar-refractivity contribution in [3.63, 3.8) is 0 Å². The molecule has 2 N–H and O–H groups in total. The summed E-state index contributed by atoms with van der Waals surface area (Å²) in [7, 11) is 1.51. The first-order valence-corrected chi connectivity index (χ1v) is 8.27. The molecule has 0 aromatic heterocycles. The van der Waals surface area contributed by atoms with E-state index in [0.29, 0.717) is 22.1 Å². The number of urea groups is 1. The van der Waals surface area contributed by atoms with Crippen LogP contribution in [0.4, 0.5) is 4.79 Å². The predicted molar refractivity (Wildman–Crippen MR) is 98.4 cm³/mol. The number of nitrogens with one attached hydrogen (secondary N) is 2. The van der Waals surface area contributed by atoms with E-state index < -0.39 is 17.8 Å². The minimum Gasteiger partial charge on any atom is -0.493 e. The van der Waals surface area contributed by atoms with Crippen LogP contribution in [-0.4, -0.2) is 25.0 Å². The minimum absolute atomic E-state index is 0.177. The number of carbonyl (C=O) groups is 3. The molecular formula is C19H15ClN2O5. The lowest BCUT2D eigenvalue weighted by Crippen LogP contribution is -2.51. The summed E-state index contributed by atoms with van der Waals surface area (Å²) in [6, 6.07) is 11.3. The summed E-state index contributed by atoms with van der Waals surface area (Å²) >= 11 is 5.87. The molecule has 7 nitrogen and oxygen atoms in total. The molecule has 0 unspecified atom stereocenters. The van der Waals surface area contributed by atoms with Gasteiger partial charge in [0.15, 0.2) is 11.5 Å². The van der Waals surface area contributed by atoms with Gasteiger partial charge in [-0.1, -0.05) is 29.8 Å². The molecule has 0 aliphatic carbocycles. The Morgan fingerprint density at radius 1 is 0.963 bits per heavy atom. The fourth-order valence-corrected chi connectivity index (χ4v) is 2.54. The highest BCUT2D eigenvalue weighted by Crippen LogP contribution is 2.30. The Morgan fingerprint density at radius 2 is 1.63 bits per heavy atom. The first kappa shape index (κ1) is 18.5. The van der Waals surface area contributed by atoms with Crippen molar-refractivity contribution in [3.8, 4) is 11.5 Å². The van der Waals surface area contributed by atoms with Gasteiger partial charge in [-0.25, -0.2) is 4.79 Å². The molecule has 1 aliphatic heterocycles. The van der Waals surface area contributed by atoms with Crippen LogP contribution in [-0.2, 0) is 16.2 Å². The van der Waals surface area contributed by atoms with Gasteiger partial charge >= 0.3 is 6.03 Å². The molecule has 0 atom stereocenters. The quantitative estimate of drug-likeness (QED) is 0.608. The zero-order valence-corrected chi connectivity index (χ0v) is 15.0. The third-order valence-corrected chi connectivity index (χ3v) is 4.00. The molecule has 4 amide bonds. The molecule has 1 fully saturated rings. The van der Waals surface area contributed by atoms with Crippen LogP contribution in [0.1, 0.15) is 11.1 Å². The normalized spacial score (nSPS) is 13.7. The second-order valence-electron chi connectivity index (χ2n) is 5.62. The maximum absolute atomic E-state index is 11.8. The van der Waals surface area contributed by atoms with E-state index in [4.69, 9.17) is 21.1 Å². The fraction of sp³-hybridized carbons (Fsp3) is 0.105. The van der Waals surface area contributed by atoms with Gasteiger partial charge in [-0.05, 0) is 41.5 Å². The summed E-state index contributed by atoms with van der Waals surface area (Å²) in [4.78, 5) is 34.8. The Labute approximate surface area is 159 Å². The van der Waals surface area contributed by atoms with Crippen molar-refractivity contribution in [2.24, 2.45) is 0 Å². The van der Waals surface area contributed by atoms with Gasteiger partial charge in [0.1, 0.15) is 12.2 Å². The average Bonchev–Trinajstić information content (AvgIpc) is 2.64. The molecule has 3 rings (SSSR count). The highest BCUT2D eigenvalue weighted by Gasteiger charge is 2.27. The van der Waals surface area contributed by atoms with Gasteiger partial charge in [0.05, 0.1) is 7.11 Å². The number of halogens is 1. The van der Waals surface area contributed by atoms with Gasteiger partial charge in [-0.2, -0.15) is 0 Å². The summed E-state index contributed by atoms with van der Waals surface area (Å²) in [6.07, 6.45) is 1.37. The lowest BCUT2D eigenvalue weighted by molar-refractivity contribution is -0.123. The molecule has 0 spiro atoms. The van der Waals surface area contributed by atoms with Crippen LogP contribution < -0.4 is 20.1 Å². The Bertz CT molecular complexity index is 916. The van der Waals surface area contributed by atoms with Crippen LogP contribution in [0, 0.1) is 0 Å². The molecule has 27 heavy (non-hydrogen) atoms. The number of imide groups is 2. The predicted octanol–water partition coefficient (Wildman–Crippen LogP) is 2.68. The maximum atomic E-state index is 11.8. The summed E-state index contributed by atoms with van der Waals surface area (Å²) in [5, 5.41) is 4.68. The number of amides is 4. The standard InChI is InChI=1S/C19H15ClN2O5/c1-26-15-7-4-12(8-14-17(23)21-19(25)22-18(14)24)9-16(15)27-10-11-2-5-13(20)6-3-11/h2-9H,10H2,1H3,(H2,21,22,23,24,25). The Hall–Kier alpha value is -3.32. The monoisotopic (exact) mass is 386 g/mol. The van der Waals surface area contributed by atoms with Gasteiger partial charge in [0.2, 0.25) is 0 Å². The van der Waals surface area contributed by atoms with Crippen molar-refractivity contribution < 1.29 is 23.9 Å². The van der Waals surface area contributed by atoms with E-state index in [1.807, 2.05) is 22.8 Å². The molecule has 2 aromatic carbocycles. The van der Waals surface area contributed by atoms with E-state index in [1.165, 1.54) is 13.2 Å². The van der Waals surface area contributed by atoms with Crippen molar-refractivity contribution >= 4 is 35.5 Å². The fourth-order valence-electron chi connectivity index (χ4n) is 2.41. The molecular weight excluding hydrogens is 372 g/mol. The summed E-state index contributed by atoms with van der Waals surface area (Å²) in [5.41, 5.74) is 1.27. The van der Waals surface area contributed by atoms with Crippen LogP contribution in [0.3, 0.4) is 0 Å². The zero-order chi connectivity index (χ0) is 19.4. The van der Waals surface area contributed by atoms with Crippen molar-refractivity contribution in [2.75, 3.05) is 7.11 Å². The summed E-state index contributed by atoms with van der Waals surface area (Å²) in [6.45, 7) is 0.281. The van der Waals surface area contributed by atoms with E-state index in [0.717, 1.165) is 5.56 Å². The van der Waals surface area contributed by atoms with Gasteiger partial charge in [0.25, 0.3) is 11.8 Å². The Balaban J connectivity index is 1.83. The Morgan fingerprint density at radius 3 is 2.26 bits per heavy atom. The number of benzene rings is 2. The molecule has 1 aliphatic rings. The third-order valence-electron chi connectivity index (χ3n) is 3.75. The van der Waals surface area contributed by atoms with E-state index in [9.17, 15) is 14.4 Å². The summed E-state index contributed by atoms with van der Waals surface area (Å²) in [5.74, 6) is -0.584. The number of methoxy groups -OCH3 is 1. The highest BCUT2D eigenvalue weighted by atomic mass is 35.5. The topological polar surface area (TPSA) is 93.7 Å². The van der Waals surface area contributed by atoms with Crippen LogP contribution >= 0.6 is 11.6 Å². The molecule has 2 aromatic rings. The maximum Gasteiger partial charge on any atom is 0.328 e. The smallest absolute Gasteiger partial charge is 0.328 e. The molecule has 1 saturated heterocycles. The highest BCUT2D eigenvalue weighted by molar-refractivity contribution is 6.31. The van der Waals surface area contributed by atoms with Crippen molar-refractivity contribution in [3.05, 3.63) is 64.2 Å². The van der Waals surface area contributed by atoms with Crippen LogP contribution in [0.2, 0.25) is 5.02 Å². The molecule has 0 radical (unpaired) electrons. The van der Waals surface area contributed by atoms with Crippen LogP contribution in [0.5, 0.6) is 11.5 Å². The van der Waals surface area contributed by atoms with Crippen LogP contribution in [0.15, 0.2) is 48.0 Å². The molecule has 0 saturated carbocycles. The van der Waals surface area contributed by atoms with E-state index in [-0.39, 0.29) is 12.2 Å². The average molecular weight is 387 g/mol. The third kappa shape index (κ3) is 4.45. The number of barbiturate groups is 1. The van der Waals surface area contributed by atoms with Gasteiger partial charge in [-0.3, -0.25) is 20.2 Å². The van der Waals surface area contributed by atoms with E-state index >= 15 is 0 Å². The summed E-state index contributed by atoms with van der Waals surface area (Å²) < 4.78 is 11.1. The SMILES string of the molecule is COc1ccc(C=C2C(=O)NC(=O)NC2=O)cc1OCc1ccc(Cl)cc1. The van der Waals surface area contributed by atoms with E-state index in [2.05, 4.69) is 0 Å². The largest absolute Gasteiger partial charge is 0.493 e. The number of carbonyl (C=O) groups excluding carboxylic acids is 3. The van der Waals surface area contributed by atoms with Gasteiger partial charge in [-0.15, -0.1) is 0 Å². The van der Waals surface area contributed by atoms with Crippen molar-refractivity contribution in [1.29, 1.82) is 0 Å². The molecule has 0 bridgehead atoms. The minimum atomic E-state index is -0.844. The zero-order valence-electron chi connectivity index (χ0n) is 14.2. The van der Waals surface area contributed by atoms with Gasteiger partial charge in [0, 0.05) is 5.02 Å². The number of hydrogen-bond donors (Lipinski definition) is 2. The number of rotatable bonds is 5. The lowest BCUT2D eigenvalue weighted by atomic mass is 10.1. The van der Waals surface area contributed by atoms with Gasteiger partial charge < -0.3 is 9.47 Å². The van der Waals surface area contributed by atoms with Crippen molar-refractivity contribution in [1.82, 2.24) is 10.6 Å². The second kappa shape index (κ2) is 7.92. The first-order chi connectivity index (χ1) is 13.0. The van der Waals surface area contributed by atoms with Crippen molar-refractivity contribution in [2.45, 2.75) is 6.61 Å². The molecule has 138 valence electrons. The molecule has 1 heterocycles.